The van der Waals surface area contributed by atoms with Gasteiger partial charge in [0.1, 0.15) is 5.82 Å². The van der Waals surface area contributed by atoms with Crippen molar-refractivity contribution in [2.24, 2.45) is 0 Å². The molecule has 8 heteroatoms. The van der Waals surface area contributed by atoms with E-state index < -0.39 is 27.6 Å². The van der Waals surface area contributed by atoms with Crippen molar-refractivity contribution in [3.63, 3.8) is 0 Å². The van der Waals surface area contributed by atoms with Gasteiger partial charge in [0, 0.05) is 16.0 Å². The van der Waals surface area contributed by atoms with Gasteiger partial charge in [-0.05, 0) is 62.3 Å². The van der Waals surface area contributed by atoms with Crippen LogP contribution >= 0.6 is 35.0 Å². The SMILES string of the molecule is O=C1C2=C(CCCC2)C(=O)N1c1cc(SC2(C(=O)Cl)CC2)c(Cl)cc1F. The molecule has 1 aromatic carbocycles. The van der Waals surface area contributed by atoms with E-state index in [2.05, 4.69) is 0 Å². The van der Waals surface area contributed by atoms with Crippen molar-refractivity contribution >= 4 is 57.7 Å². The summed E-state index contributed by atoms with van der Waals surface area (Å²) in [7, 11) is 0. The van der Waals surface area contributed by atoms with Gasteiger partial charge < -0.3 is 0 Å². The Morgan fingerprint density at radius 3 is 2.19 bits per heavy atom. The molecule has 0 unspecified atom stereocenters. The van der Waals surface area contributed by atoms with E-state index in [1.807, 2.05) is 0 Å². The van der Waals surface area contributed by atoms with Gasteiger partial charge in [-0.2, -0.15) is 0 Å². The maximum Gasteiger partial charge on any atom is 0.261 e. The summed E-state index contributed by atoms with van der Waals surface area (Å²) in [6, 6.07) is 2.45. The summed E-state index contributed by atoms with van der Waals surface area (Å²) in [4.78, 5) is 38.3. The van der Waals surface area contributed by atoms with Gasteiger partial charge in [-0.25, -0.2) is 9.29 Å². The molecule has 1 aromatic rings. The smallest absolute Gasteiger partial charge is 0.261 e. The number of amides is 2. The second kappa shape index (κ2) is 6.36. The molecule has 1 fully saturated rings. The minimum absolute atomic E-state index is 0.122. The molecule has 2 aliphatic carbocycles. The maximum absolute atomic E-state index is 14.6. The molecule has 3 aliphatic rings. The average molecular weight is 414 g/mol. The number of hydrogen-bond donors (Lipinski definition) is 0. The maximum atomic E-state index is 14.6. The molecule has 4 rings (SSSR count). The summed E-state index contributed by atoms with van der Waals surface area (Å²) in [6.45, 7) is 0. The van der Waals surface area contributed by atoms with Crippen LogP contribution in [-0.4, -0.2) is 21.8 Å². The van der Waals surface area contributed by atoms with Crippen LogP contribution in [0.1, 0.15) is 38.5 Å². The van der Waals surface area contributed by atoms with Gasteiger partial charge in [0.2, 0.25) is 5.24 Å². The van der Waals surface area contributed by atoms with Gasteiger partial charge in [0.15, 0.2) is 0 Å². The molecular weight excluding hydrogens is 400 g/mol. The number of carbonyl (C=O) groups excluding carboxylic acids is 3. The molecule has 0 spiro atoms. The van der Waals surface area contributed by atoms with Crippen LogP contribution in [0.3, 0.4) is 0 Å². The first kappa shape index (κ1) is 18.0. The molecule has 0 N–H and O–H groups in total. The zero-order chi connectivity index (χ0) is 18.6. The lowest BCUT2D eigenvalue weighted by atomic mass is 9.93. The normalized spacial score (nSPS) is 21.3. The second-order valence-electron chi connectivity index (χ2n) is 6.71. The number of anilines is 1. The fourth-order valence-electron chi connectivity index (χ4n) is 3.39. The van der Waals surface area contributed by atoms with Crippen molar-refractivity contribution < 1.29 is 18.8 Å². The molecule has 0 bridgehead atoms. The lowest BCUT2D eigenvalue weighted by Crippen LogP contribution is -2.32. The Kier molecular flexibility index (Phi) is 4.40. The Bertz CT molecular complexity index is 867. The van der Waals surface area contributed by atoms with Gasteiger partial charge in [0.25, 0.3) is 11.8 Å². The van der Waals surface area contributed by atoms with Crippen molar-refractivity contribution in [3.8, 4) is 0 Å². The lowest BCUT2D eigenvalue weighted by molar-refractivity contribution is -0.120. The highest BCUT2D eigenvalue weighted by molar-refractivity contribution is 8.02. The van der Waals surface area contributed by atoms with Crippen molar-refractivity contribution in [1.29, 1.82) is 0 Å². The van der Waals surface area contributed by atoms with Crippen LogP contribution in [0.2, 0.25) is 5.02 Å². The Balaban J connectivity index is 1.71. The number of thioether (sulfide) groups is 1. The summed E-state index contributed by atoms with van der Waals surface area (Å²) in [5.41, 5.74) is 0.845. The monoisotopic (exact) mass is 413 g/mol. The van der Waals surface area contributed by atoms with Gasteiger partial charge in [-0.1, -0.05) is 11.6 Å². The fourth-order valence-corrected chi connectivity index (χ4v) is 5.09. The molecule has 1 saturated carbocycles. The van der Waals surface area contributed by atoms with Crippen LogP contribution in [0.4, 0.5) is 10.1 Å². The first-order valence-electron chi connectivity index (χ1n) is 8.33. The topological polar surface area (TPSA) is 54.5 Å². The summed E-state index contributed by atoms with van der Waals surface area (Å²) >= 11 is 12.9. The molecule has 0 aromatic heterocycles. The molecular formula is C18H14Cl2FNO3S. The van der Waals surface area contributed by atoms with Gasteiger partial charge in [-0.3, -0.25) is 14.4 Å². The van der Waals surface area contributed by atoms with Crippen molar-refractivity contribution in [3.05, 3.63) is 34.1 Å². The molecule has 2 amide bonds. The second-order valence-corrected chi connectivity index (χ2v) is 8.89. The molecule has 1 aliphatic heterocycles. The summed E-state index contributed by atoms with van der Waals surface area (Å²) in [6.07, 6.45) is 3.99. The van der Waals surface area contributed by atoms with Gasteiger partial charge in [0.05, 0.1) is 15.5 Å². The van der Waals surface area contributed by atoms with Crippen LogP contribution in [0, 0.1) is 5.82 Å². The van der Waals surface area contributed by atoms with E-state index in [4.69, 9.17) is 23.2 Å². The minimum Gasteiger partial charge on any atom is -0.280 e. The summed E-state index contributed by atoms with van der Waals surface area (Å²) in [5.74, 6) is -1.67. The first-order valence-corrected chi connectivity index (χ1v) is 9.90. The van der Waals surface area contributed by atoms with Crippen LogP contribution in [0.15, 0.2) is 28.2 Å². The highest BCUT2D eigenvalue weighted by Crippen LogP contribution is 2.55. The third kappa shape index (κ3) is 2.79. The van der Waals surface area contributed by atoms with Crippen molar-refractivity contribution in [2.45, 2.75) is 48.2 Å². The number of nitrogens with zero attached hydrogens (tertiary/aromatic N) is 1. The van der Waals surface area contributed by atoms with E-state index in [9.17, 15) is 18.8 Å². The largest absolute Gasteiger partial charge is 0.280 e. The molecule has 0 saturated heterocycles. The van der Waals surface area contributed by atoms with Crippen LogP contribution in [0.25, 0.3) is 0 Å². The Hall–Kier alpha value is -1.37. The molecule has 4 nitrogen and oxygen atoms in total. The predicted molar refractivity (Wildman–Crippen MR) is 98.1 cm³/mol. The van der Waals surface area contributed by atoms with Crippen molar-refractivity contribution in [1.82, 2.24) is 0 Å². The minimum atomic E-state index is -0.753. The van der Waals surface area contributed by atoms with Crippen LogP contribution < -0.4 is 4.90 Å². The molecule has 0 radical (unpaired) electrons. The summed E-state index contributed by atoms with van der Waals surface area (Å²) < 4.78 is 13.8. The van der Waals surface area contributed by atoms with E-state index in [1.54, 1.807) is 0 Å². The van der Waals surface area contributed by atoms with E-state index in [-0.39, 0.29) is 10.7 Å². The molecule has 26 heavy (non-hydrogen) atoms. The third-order valence-electron chi connectivity index (χ3n) is 5.00. The number of halogens is 3. The zero-order valence-corrected chi connectivity index (χ0v) is 15.9. The third-order valence-corrected chi connectivity index (χ3v) is 7.44. The van der Waals surface area contributed by atoms with E-state index in [1.165, 1.54) is 6.07 Å². The summed E-state index contributed by atoms with van der Waals surface area (Å²) in [5, 5.41) is -0.354. The molecule has 0 atom stereocenters. The highest BCUT2D eigenvalue weighted by Gasteiger charge is 2.50. The number of benzene rings is 1. The molecule has 136 valence electrons. The van der Waals surface area contributed by atoms with Crippen LogP contribution in [-0.2, 0) is 14.4 Å². The molecule has 1 heterocycles. The zero-order valence-electron chi connectivity index (χ0n) is 13.6. The number of hydrogen-bond acceptors (Lipinski definition) is 4. The fraction of sp³-hybridized carbons (Fsp3) is 0.389. The Morgan fingerprint density at radius 1 is 1.12 bits per heavy atom. The standard InChI is InChI=1S/C18H14Cl2FNO3S/c19-11-7-12(21)13(8-14(11)26-18(5-6-18)17(20)25)22-15(23)9-3-1-2-4-10(9)16(22)24/h7-8H,1-6H2. The van der Waals surface area contributed by atoms with Crippen LogP contribution in [0.5, 0.6) is 0 Å². The first-order chi connectivity index (χ1) is 12.3. The average Bonchev–Trinajstić information content (AvgIpc) is 3.35. The number of rotatable bonds is 4. The van der Waals surface area contributed by atoms with E-state index in [0.29, 0.717) is 41.7 Å². The van der Waals surface area contributed by atoms with E-state index >= 15 is 0 Å². The highest BCUT2D eigenvalue weighted by atomic mass is 35.5. The Labute approximate surface area is 163 Å². The predicted octanol–water partition coefficient (Wildman–Crippen LogP) is 4.61. The Morgan fingerprint density at radius 2 is 1.69 bits per heavy atom. The quantitative estimate of drug-likeness (QED) is 0.533. The van der Waals surface area contributed by atoms with Gasteiger partial charge >= 0.3 is 0 Å². The number of carbonyl (C=O) groups is 3. The lowest BCUT2D eigenvalue weighted by Gasteiger charge is -2.19. The van der Waals surface area contributed by atoms with E-state index in [0.717, 1.165) is 35.6 Å². The number of imide groups is 1. The van der Waals surface area contributed by atoms with Crippen molar-refractivity contribution in [2.75, 3.05) is 4.90 Å². The van der Waals surface area contributed by atoms with Gasteiger partial charge in [-0.15, -0.1) is 11.8 Å².